The second-order valence-corrected chi connectivity index (χ2v) is 8.35. The van der Waals surface area contributed by atoms with Gasteiger partial charge in [-0.3, -0.25) is 19.8 Å². The Kier molecular flexibility index (Phi) is 5.05. The van der Waals surface area contributed by atoms with Crippen LogP contribution in [0.3, 0.4) is 0 Å². The number of hydrogen-bond acceptors (Lipinski definition) is 5. The Balaban J connectivity index is 1.31. The number of urea groups is 1. The van der Waals surface area contributed by atoms with Crippen LogP contribution in [0, 0.1) is 5.82 Å². The molecule has 0 saturated carbocycles. The lowest BCUT2D eigenvalue weighted by Gasteiger charge is -2.40. The summed E-state index contributed by atoms with van der Waals surface area (Å²) in [6.07, 6.45) is -1.05. The summed E-state index contributed by atoms with van der Waals surface area (Å²) < 4.78 is 19.8. The van der Waals surface area contributed by atoms with E-state index in [1.807, 2.05) is 18.2 Å². The van der Waals surface area contributed by atoms with E-state index >= 15 is 0 Å². The number of piperazine rings is 1. The molecule has 0 bridgehead atoms. The predicted molar refractivity (Wildman–Crippen MR) is 112 cm³/mol. The summed E-state index contributed by atoms with van der Waals surface area (Å²) in [7, 11) is 0. The van der Waals surface area contributed by atoms with Crippen molar-refractivity contribution in [1.29, 1.82) is 0 Å². The summed E-state index contributed by atoms with van der Waals surface area (Å²) in [5.74, 6) is -1.19. The first kappa shape index (κ1) is 20.4. The van der Waals surface area contributed by atoms with Crippen molar-refractivity contribution in [2.75, 3.05) is 26.2 Å². The average molecular weight is 438 g/mol. The number of benzene rings is 2. The minimum absolute atomic E-state index is 0.0932. The summed E-state index contributed by atoms with van der Waals surface area (Å²) in [5.41, 5.74) is -0.0865. The SMILES string of the molecule is O=C1NC(=O)[C@@]2(C[C@@H](C(=O)N3CCN(Cc4ccccc4)CC3)Oc3ccc(F)cc32)N1. The molecule has 0 aromatic heterocycles. The maximum Gasteiger partial charge on any atom is 0.322 e. The van der Waals surface area contributed by atoms with E-state index in [0.29, 0.717) is 13.1 Å². The maximum atomic E-state index is 13.9. The molecule has 2 saturated heterocycles. The normalized spacial score (nSPS) is 25.2. The second kappa shape index (κ2) is 7.90. The number of ether oxygens (including phenoxy) is 1. The Morgan fingerprint density at radius 3 is 2.53 bits per heavy atom. The van der Waals surface area contributed by atoms with Crippen molar-refractivity contribution >= 4 is 17.8 Å². The molecule has 2 fully saturated rings. The highest BCUT2D eigenvalue weighted by molar-refractivity contribution is 6.08. The molecule has 0 unspecified atom stereocenters. The van der Waals surface area contributed by atoms with Gasteiger partial charge in [-0.15, -0.1) is 0 Å². The second-order valence-electron chi connectivity index (χ2n) is 8.35. The molecule has 2 aromatic rings. The molecule has 166 valence electrons. The number of nitrogens with one attached hydrogen (secondary N) is 2. The van der Waals surface area contributed by atoms with Gasteiger partial charge >= 0.3 is 6.03 Å². The van der Waals surface area contributed by atoms with Crippen LogP contribution in [0.4, 0.5) is 9.18 Å². The van der Waals surface area contributed by atoms with Gasteiger partial charge in [-0.05, 0) is 23.8 Å². The van der Waals surface area contributed by atoms with Gasteiger partial charge in [-0.1, -0.05) is 30.3 Å². The quantitative estimate of drug-likeness (QED) is 0.707. The highest BCUT2D eigenvalue weighted by Gasteiger charge is 2.55. The number of imide groups is 1. The van der Waals surface area contributed by atoms with E-state index in [1.54, 1.807) is 4.90 Å². The first-order chi connectivity index (χ1) is 15.4. The van der Waals surface area contributed by atoms with E-state index in [9.17, 15) is 18.8 Å². The molecule has 9 heteroatoms. The van der Waals surface area contributed by atoms with Gasteiger partial charge in [-0.2, -0.15) is 0 Å². The van der Waals surface area contributed by atoms with Gasteiger partial charge in [0.25, 0.3) is 11.8 Å². The Morgan fingerprint density at radius 2 is 1.84 bits per heavy atom. The standard InChI is InChI=1S/C23H23FN4O4/c24-16-6-7-18-17(12-16)23(21(30)25-22(31)26-23)13-19(32-18)20(29)28-10-8-27(9-11-28)14-15-4-2-1-3-5-15/h1-7,12,19H,8-11,13-14H2,(H2,25,26,30,31)/t19-,23-/m0/s1. The van der Waals surface area contributed by atoms with Gasteiger partial charge in [-0.25, -0.2) is 9.18 Å². The third-order valence-corrected chi connectivity index (χ3v) is 6.31. The number of nitrogens with zero attached hydrogens (tertiary/aromatic N) is 2. The number of fused-ring (bicyclic) bond motifs is 2. The van der Waals surface area contributed by atoms with Gasteiger partial charge in [0.1, 0.15) is 11.6 Å². The van der Waals surface area contributed by atoms with Crippen molar-refractivity contribution < 1.29 is 23.5 Å². The zero-order valence-electron chi connectivity index (χ0n) is 17.3. The summed E-state index contributed by atoms with van der Waals surface area (Å²) in [4.78, 5) is 41.9. The van der Waals surface area contributed by atoms with Gasteiger partial charge < -0.3 is 15.0 Å². The summed E-state index contributed by atoms with van der Waals surface area (Å²) in [5, 5.41) is 4.81. The van der Waals surface area contributed by atoms with Crippen LogP contribution >= 0.6 is 0 Å². The number of carbonyl (C=O) groups is 3. The molecule has 2 N–H and O–H groups in total. The summed E-state index contributed by atoms with van der Waals surface area (Å²) in [6, 6.07) is 13.2. The van der Waals surface area contributed by atoms with Crippen LogP contribution in [0.2, 0.25) is 0 Å². The fraction of sp³-hybridized carbons (Fsp3) is 0.348. The topological polar surface area (TPSA) is 91.0 Å². The molecule has 2 atom stereocenters. The van der Waals surface area contributed by atoms with Crippen LogP contribution in [0.1, 0.15) is 17.5 Å². The fourth-order valence-electron chi connectivity index (χ4n) is 4.66. The van der Waals surface area contributed by atoms with Crippen LogP contribution in [0.15, 0.2) is 48.5 Å². The first-order valence-corrected chi connectivity index (χ1v) is 10.6. The van der Waals surface area contributed by atoms with Crippen molar-refractivity contribution in [2.45, 2.75) is 24.6 Å². The molecule has 8 nitrogen and oxygen atoms in total. The number of halogens is 1. The summed E-state index contributed by atoms with van der Waals surface area (Å²) >= 11 is 0. The van der Waals surface area contributed by atoms with Crippen molar-refractivity contribution in [1.82, 2.24) is 20.4 Å². The highest BCUT2D eigenvalue weighted by atomic mass is 19.1. The number of amides is 4. The molecule has 1 spiro atoms. The first-order valence-electron chi connectivity index (χ1n) is 10.6. The van der Waals surface area contributed by atoms with Gasteiger partial charge in [0, 0.05) is 44.7 Å². The van der Waals surface area contributed by atoms with E-state index < -0.39 is 29.4 Å². The van der Waals surface area contributed by atoms with E-state index in [-0.39, 0.29) is 23.6 Å². The van der Waals surface area contributed by atoms with Crippen molar-refractivity contribution in [3.05, 3.63) is 65.5 Å². The summed E-state index contributed by atoms with van der Waals surface area (Å²) in [6.45, 7) is 3.33. The molecular weight excluding hydrogens is 415 g/mol. The van der Waals surface area contributed by atoms with E-state index in [0.717, 1.165) is 19.6 Å². The fourth-order valence-corrected chi connectivity index (χ4v) is 4.66. The van der Waals surface area contributed by atoms with Crippen molar-refractivity contribution in [3.8, 4) is 5.75 Å². The monoisotopic (exact) mass is 438 g/mol. The Labute approximate surface area is 184 Å². The van der Waals surface area contributed by atoms with Gasteiger partial charge in [0.2, 0.25) is 0 Å². The minimum atomic E-state index is -1.53. The lowest BCUT2D eigenvalue weighted by molar-refractivity contribution is -0.143. The Morgan fingerprint density at radius 1 is 1.09 bits per heavy atom. The molecule has 0 aliphatic carbocycles. The molecule has 2 aromatic carbocycles. The van der Waals surface area contributed by atoms with Crippen LogP contribution in [-0.4, -0.2) is 59.9 Å². The van der Waals surface area contributed by atoms with Crippen molar-refractivity contribution in [2.24, 2.45) is 0 Å². The third-order valence-electron chi connectivity index (χ3n) is 6.31. The van der Waals surface area contributed by atoms with E-state index in [1.165, 1.54) is 23.8 Å². The number of carbonyl (C=O) groups excluding carboxylic acids is 3. The number of hydrogen-bond donors (Lipinski definition) is 2. The lowest BCUT2D eigenvalue weighted by Crippen LogP contribution is -2.57. The highest BCUT2D eigenvalue weighted by Crippen LogP contribution is 2.42. The molecule has 5 rings (SSSR count). The zero-order valence-corrected chi connectivity index (χ0v) is 17.3. The van der Waals surface area contributed by atoms with Crippen LogP contribution in [-0.2, 0) is 21.7 Å². The minimum Gasteiger partial charge on any atom is -0.480 e. The predicted octanol–water partition coefficient (Wildman–Crippen LogP) is 1.36. The number of rotatable bonds is 3. The van der Waals surface area contributed by atoms with E-state index in [4.69, 9.17) is 4.74 Å². The smallest absolute Gasteiger partial charge is 0.322 e. The van der Waals surface area contributed by atoms with Crippen LogP contribution in [0.25, 0.3) is 0 Å². The third kappa shape index (κ3) is 3.58. The largest absolute Gasteiger partial charge is 0.480 e. The lowest BCUT2D eigenvalue weighted by atomic mass is 9.81. The molecule has 0 radical (unpaired) electrons. The molecule has 4 amide bonds. The van der Waals surface area contributed by atoms with Gasteiger partial charge in [0.15, 0.2) is 11.6 Å². The van der Waals surface area contributed by atoms with Crippen LogP contribution in [0.5, 0.6) is 5.75 Å². The zero-order chi connectivity index (χ0) is 22.3. The maximum absolute atomic E-state index is 13.9. The molecule has 32 heavy (non-hydrogen) atoms. The molecular formula is C23H23FN4O4. The van der Waals surface area contributed by atoms with Crippen LogP contribution < -0.4 is 15.4 Å². The molecule has 3 heterocycles. The van der Waals surface area contributed by atoms with Gasteiger partial charge in [0.05, 0.1) is 0 Å². The Bertz CT molecular complexity index is 1070. The molecule has 3 aliphatic heterocycles. The average Bonchev–Trinajstić information content (AvgIpc) is 3.08. The Hall–Kier alpha value is -3.46. The van der Waals surface area contributed by atoms with E-state index in [2.05, 4.69) is 27.7 Å². The van der Waals surface area contributed by atoms with Crippen molar-refractivity contribution in [3.63, 3.8) is 0 Å². The molecule has 3 aliphatic rings.